The Morgan fingerprint density at radius 3 is 2.38 bits per heavy atom. The van der Waals surface area contributed by atoms with Crippen LogP contribution >= 0.6 is 11.6 Å². The van der Waals surface area contributed by atoms with Crippen molar-refractivity contribution in [3.05, 3.63) is 105 Å². The summed E-state index contributed by atoms with van der Waals surface area (Å²) >= 11 is 6.26. The van der Waals surface area contributed by atoms with Crippen LogP contribution in [-0.4, -0.2) is 21.4 Å². The van der Waals surface area contributed by atoms with E-state index in [9.17, 15) is 19.5 Å². The van der Waals surface area contributed by atoms with Gasteiger partial charge in [0, 0.05) is 22.4 Å². The number of nitrogens with zero attached hydrogens (tertiary/aromatic N) is 1. The number of rotatable bonds is 6. The van der Waals surface area contributed by atoms with Gasteiger partial charge in [0.25, 0.3) is 5.56 Å². The molecule has 32 heavy (non-hydrogen) atoms. The van der Waals surface area contributed by atoms with Crippen molar-refractivity contribution in [2.75, 3.05) is 0 Å². The van der Waals surface area contributed by atoms with Crippen LogP contribution in [0.3, 0.4) is 0 Å². The molecule has 0 aliphatic carbocycles. The van der Waals surface area contributed by atoms with E-state index < -0.39 is 5.97 Å². The number of fused-ring (bicyclic) bond motifs is 1. The fourth-order valence-electron chi connectivity index (χ4n) is 3.91. The van der Waals surface area contributed by atoms with Gasteiger partial charge in [-0.1, -0.05) is 61.0 Å². The van der Waals surface area contributed by atoms with E-state index in [1.807, 2.05) is 30.3 Å². The maximum Gasteiger partial charge on any atom is 0.335 e. The number of hydrogen-bond donors (Lipinski definition) is 1. The number of Topliss-reactive ketones (excluding diaryl/α,β-unsaturated/α-hetero) is 1. The van der Waals surface area contributed by atoms with Crippen LogP contribution in [0.1, 0.15) is 39.8 Å². The van der Waals surface area contributed by atoms with Crippen LogP contribution in [0.2, 0.25) is 5.02 Å². The minimum absolute atomic E-state index is 0.0689. The Labute approximate surface area is 189 Å². The average molecular weight is 446 g/mol. The second-order valence-corrected chi connectivity index (χ2v) is 7.89. The molecule has 0 amide bonds. The van der Waals surface area contributed by atoms with Crippen molar-refractivity contribution in [1.29, 1.82) is 0 Å². The molecule has 1 heterocycles. The van der Waals surface area contributed by atoms with Crippen LogP contribution < -0.4 is 5.56 Å². The Morgan fingerprint density at radius 1 is 0.938 bits per heavy atom. The molecule has 0 atom stereocenters. The minimum atomic E-state index is -1.05. The Kier molecular flexibility index (Phi) is 5.93. The van der Waals surface area contributed by atoms with Gasteiger partial charge in [0.1, 0.15) is 0 Å². The van der Waals surface area contributed by atoms with E-state index in [-0.39, 0.29) is 29.9 Å². The highest BCUT2D eigenvalue weighted by atomic mass is 35.5. The number of pyridine rings is 1. The second-order valence-electron chi connectivity index (χ2n) is 7.45. The summed E-state index contributed by atoms with van der Waals surface area (Å²) in [5.41, 5.74) is 2.14. The largest absolute Gasteiger partial charge is 0.478 e. The van der Waals surface area contributed by atoms with Crippen LogP contribution in [0.4, 0.5) is 0 Å². The molecule has 0 aliphatic rings. The number of ketones is 1. The van der Waals surface area contributed by atoms with Gasteiger partial charge in [-0.3, -0.25) is 14.2 Å². The lowest BCUT2D eigenvalue weighted by Crippen LogP contribution is -2.28. The number of carbonyl (C=O) groups is 2. The van der Waals surface area contributed by atoms with Crippen LogP contribution in [0, 0.1) is 0 Å². The molecular weight excluding hydrogens is 426 g/mol. The fourth-order valence-corrected chi connectivity index (χ4v) is 4.08. The summed E-state index contributed by atoms with van der Waals surface area (Å²) in [6, 6.07) is 20.8. The number of carboxylic acids is 1. The molecule has 0 saturated heterocycles. The summed E-state index contributed by atoms with van der Waals surface area (Å²) in [4.78, 5) is 38.1. The molecule has 0 saturated carbocycles. The van der Waals surface area contributed by atoms with Crippen LogP contribution in [0.15, 0.2) is 77.6 Å². The van der Waals surface area contributed by atoms with Crippen molar-refractivity contribution in [3.63, 3.8) is 0 Å². The molecule has 0 spiro atoms. The zero-order valence-electron chi connectivity index (χ0n) is 17.3. The van der Waals surface area contributed by atoms with Crippen molar-refractivity contribution in [2.24, 2.45) is 0 Å². The van der Waals surface area contributed by atoms with Crippen LogP contribution in [-0.2, 0) is 6.54 Å². The molecule has 3 aromatic carbocycles. The van der Waals surface area contributed by atoms with Gasteiger partial charge < -0.3 is 5.11 Å². The summed E-state index contributed by atoms with van der Waals surface area (Å²) < 4.78 is 1.45. The third kappa shape index (κ3) is 3.95. The van der Waals surface area contributed by atoms with Crippen molar-refractivity contribution in [1.82, 2.24) is 4.57 Å². The molecule has 0 unspecified atom stereocenters. The van der Waals surface area contributed by atoms with Gasteiger partial charge >= 0.3 is 5.97 Å². The number of aromatic nitrogens is 1. The monoisotopic (exact) mass is 445 g/mol. The van der Waals surface area contributed by atoms with E-state index >= 15 is 0 Å². The molecule has 0 radical (unpaired) electrons. The Balaban J connectivity index is 2.09. The first-order valence-electron chi connectivity index (χ1n) is 10.2. The van der Waals surface area contributed by atoms with Gasteiger partial charge in [-0.15, -0.1) is 0 Å². The van der Waals surface area contributed by atoms with Gasteiger partial charge in [-0.25, -0.2) is 4.79 Å². The number of carbonyl (C=O) groups excluding carboxylic acids is 1. The first-order valence-corrected chi connectivity index (χ1v) is 10.6. The maximum atomic E-state index is 13.5. The molecule has 4 rings (SSSR count). The summed E-state index contributed by atoms with van der Waals surface area (Å²) in [5.74, 6) is -1.24. The van der Waals surface area contributed by atoms with Crippen molar-refractivity contribution in [2.45, 2.75) is 19.9 Å². The van der Waals surface area contributed by atoms with E-state index in [4.69, 9.17) is 11.6 Å². The quantitative estimate of drug-likeness (QED) is 0.388. The Bertz CT molecular complexity index is 1410. The molecule has 5 nitrogen and oxygen atoms in total. The number of carboxylic acid groups (broad SMARTS) is 1. The topological polar surface area (TPSA) is 76.4 Å². The molecule has 1 N–H and O–H groups in total. The van der Waals surface area contributed by atoms with Gasteiger partial charge in [-0.05, 0) is 46.8 Å². The van der Waals surface area contributed by atoms with Gasteiger partial charge in [0.05, 0.1) is 17.8 Å². The van der Waals surface area contributed by atoms with Gasteiger partial charge in [-0.2, -0.15) is 0 Å². The van der Waals surface area contributed by atoms with E-state index in [1.165, 1.54) is 16.7 Å². The van der Waals surface area contributed by atoms with E-state index in [0.717, 1.165) is 5.56 Å². The van der Waals surface area contributed by atoms with E-state index in [1.54, 1.807) is 37.3 Å². The maximum absolute atomic E-state index is 13.5. The standard InChI is InChI=1S/C26H20ClNO4/c1-2-22(29)24-23(17-8-4-3-5-9-17)21-14-19(27)11-12-20(21)25(30)28(24)15-16-7-6-10-18(13-16)26(31)32/h3-14H,2,15H2,1H3,(H,31,32). The zero-order chi connectivity index (χ0) is 22.8. The molecule has 160 valence electrons. The number of hydrogen-bond acceptors (Lipinski definition) is 3. The Hall–Kier alpha value is -3.70. The van der Waals surface area contributed by atoms with E-state index in [2.05, 4.69) is 0 Å². The van der Waals surface area contributed by atoms with Crippen LogP contribution in [0.25, 0.3) is 21.9 Å². The third-order valence-corrected chi connectivity index (χ3v) is 5.63. The molecule has 0 bridgehead atoms. The molecule has 0 aliphatic heterocycles. The van der Waals surface area contributed by atoms with Crippen molar-refractivity contribution < 1.29 is 14.7 Å². The van der Waals surface area contributed by atoms with Crippen LogP contribution in [0.5, 0.6) is 0 Å². The zero-order valence-corrected chi connectivity index (χ0v) is 18.1. The highest BCUT2D eigenvalue weighted by molar-refractivity contribution is 6.31. The highest BCUT2D eigenvalue weighted by Crippen LogP contribution is 2.33. The third-order valence-electron chi connectivity index (χ3n) is 5.40. The first-order chi connectivity index (χ1) is 15.4. The smallest absolute Gasteiger partial charge is 0.335 e. The lowest BCUT2D eigenvalue weighted by Gasteiger charge is -2.19. The normalized spacial score (nSPS) is 10.9. The molecule has 0 fully saturated rings. The second kappa shape index (κ2) is 8.81. The fraction of sp³-hybridized carbons (Fsp3) is 0.115. The minimum Gasteiger partial charge on any atom is -0.478 e. The molecule has 4 aromatic rings. The molecule has 1 aromatic heterocycles. The SMILES string of the molecule is CCC(=O)c1c(-c2ccccc2)c2cc(Cl)ccc2c(=O)n1Cc1cccc(C(=O)O)c1. The van der Waals surface area contributed by atoms with Crippen molar-refractivity contribution in [3.8, 4) is 11.1 Å². The predicted molar refractivity (Wildman–Crippen MR) is 126 cm³/mol. The number of halogens is 1. The molecule has 6 heteroatoms. The predicted octanol–water partition coefficient (Wildman–Crippen LogP) is 5.66. The number of benzene rings is 3. The summed E-state index contributed by atoms with van der Waals surface area (Å²) in [6.07, 6.45) is 0.209. The van der Waals surface area contributed by atoms with E-state index in [0.29, 0.717) is 32.6 Å². The number of aromatic carboxylic acids is 1. The lowest BCUT2D eigenvalue weighted by atomic mass is 9.94. The first kappa shape index (κ1) is 21.5. The van der Waals surface area contributed by atoms with Gasteiger partial charge in [0.15, 0.2) is 5.78 Å². The summed E-state index contributed by atoms with van der Waals surface area (Å²) in [7, 11) is 0. The average Bonchev–Trinajstić information content (AvgIpc) is 2.80. The van der Waals surface area contributed by atoms with Crippen molar-refractivity contribution >= 4 is 34.1 Å². The van der Waals surface area contributed by atoms with Gasteiger partial charge in [0.2, 0.25) is 0 Å². The highest BCUT2D eigenvalue weighted by Gasteiger charge is 2.23. The lowest BCUT2D eigenvalue weighted by molar-refractivity contribution is 0.0696. The Morgan fingerprint density at radius 2 is 1.69 bits per heavy atom. The summed E-state index contributed by atoms with van der Waals surface area (Å²) in [6.45, 7) is 1.82. The summed E-state index contributed by atoms with van der Waals surface area (Å²) in [5, 5.41) is 10.9. The molecular formula is C26H20ClNO4.